The second-order valence-corrected chi connectivity index (χ2v) is 6.62. The summed E-state index contributed by atoms with van der Waals surface area (Å²) in [6, 6.07) is 3.43. The van der Waals surface area contributed by atoms with Gasteiger partial charge in [0.2, 0.25) is 17.8 Å². The number of hydrogen-bond donors (Lipinski definition) is 1. The molecule has 0 spiro atoms. The molecule has 0 aromatic carbocycles. The summed E-state index contributed by atoms with van der Waals surface area (Å²) in [6.45, 7) is 4.37. The molecule has 2 atom stereocenters. The first kappa shape index (κ1) is 16.5. The van der Waals surface area contributed by atoms with Crippen molar-refractivity contribution in [2.45, 2.75) is 13.3 Å². The van der Waals surface area contributed by atoms with Crippen LogP contribution in [0.3, 0.4) is 0 Å². The predicted octanol–water partition coefficient (Wildman–Crippen LogP) is 0.696. The Hall–Kier alpha value is -2.97. The zero-order chi connectivity index (χ0) is 18.1. The smallest absolute Gasteiger partial charge is 0.229 e. The molecule has 0 bridgehead atoms. The molecule has 3 heterocycles. The number of aryl methyl sites for hydroxylation is 1. The van der Waals surface area contributed by atoms with E-state index < -0.39 is 0 Å². The van der Waals surface area contributed by atoms with E-state index in [2.05, 4.69) is 25.3 Å². The molecule has 1 aliphatic heterocycles. The minimum Gasteiger partial charge on any atom is -0.360 e. The van der Waals surface area contributed by atoms with Crippen LogP contribution in [0.1, 0.15) is 12.2 Å². The minimum atomic E-state index is -0.282. The molecule has 9 nitrogen and oxygen atoms in total. The Balaban J connectivity index is 1.28. The lowest BCUT2D eigenvalue weighted by Gasteiger charge is -2.34. The first-order valence-electron chi connectivity index (χ1n) is 8.67. The lowest BCUT2D eigenvalue weighted by atomic mass is 10.2. The van der Waals surface area contributed by atoms with Crippen molar-refractivity contribution in [2.75, 3.05) is 36.4 Å². The molecular weight excluding hydrogens is 336 g/mol. The molecule has 2 fully saturated rings. The van der Waals surface area contributed by atoms with Gasteiger partial charge in [0, 0.05) is 44.6 Å². The maximum atomic E-state index is 12.6. The number of amides is 2. The van der Waals surface area contributed by atoms with Gasteiger partial charge in [-0.2, -0.15) is 0 Å². The summed E-state index contributed by atoms with van der Waals surface area (Å²) in [7, 11) is 0. The van der Waals surface area contributed by atoms with Gasteiger partial charge in [-0.3, -0.25) is 9.59 Å². The fourth-order valence-corrected chi connectivity index (χ4v) is 3.22. The summed E-state index contributed by atoms with van der Waals surface area (Å²) in [5.74, 6) is 1.07. The molecule has 2 aromatic heterocycles. The predicted molar refractivity (Wildman–Crippen MR) is 92.3 cm³/mol. The van der Waals surface area contributed by atoms with Gasteiger partial charge < -0.3 is 19.6 Å². The fourth-order valence-electron chi connectivity index (χ4n) is 3.22. The Bertz CT molecular complexity index is 800. The van der Waals surface area contributed by atoms with Gasteiger partial charge in [-0.25, -0.2) is 9.97 Å². The van der Waals surface area contributed by atoms with E-state index in [4.69, 9.17) is 4.52 Å². The number of hydrogen-bond acceptors (Lipinski definition) is 7. The van der Waals surface area contributed by atoms with Gasteiger partial charge in [0.15, 0.2) is 5.82 Å². The van der Waals surface area contributed by atoms with Crippen LogP contribution >= 0.6 is 0 Å². The molecule has 0 radical (unpaired) electrons. The van der Waals surface area contributed by atoms with Gasteiger partial charge >= 0.3 is 0 Å². The second kappa shape index (κ2) is 6.74. The normalized spacial score (nSPS) is 22.2. The monoisotopic (exact) mass is 356 g/mol. The van der Waals surface area contributed by atoms with E-state index in [-0.39, 0.29) is 23.7 Å². The lowest BCUT2D eigenvalue weighted by molar-refractivity contribution is -0.134. The molecule has 1 saturated heterocycles. The maximum absolute atomic E-state index is 12.6. The number of anilines is 2. The Morgan fingerprint density at radius 3 is 2.54 bits per heavy atom. The Morgan fingerprint density at radius 1 is 1.15 bits per heavy atom. The molecule has 4 rings (SSSR count). The van der Waals surface area contributed by atoms with Gasteiger partial charge in [0.1, 0.15) is 5.76 Å². The topological polar surface area (TPSA) is 104 Å². The van der Waals surface area contributed by atoms with E-state index in [1.54, 1.807) is 31.5 Å². The van der Waals surface area contributed by atoms with Gasteiger partial charge in [0.25, 0.3) is 0 Å². The van der Waals surface area contributed by atoms with E-state index in [9.17, 15) is 9.59 Å². The molecular formula is C17H20N6O3. The van der Waals surface area contributed by atoms with Gasteiger partial charge in [-0.05, 0) is 19.4 Å². The maximum Gasteiger partial charge on any atom is 0.229 e. The van der Waals surface area contributed by atoms with Crippen LogP contribution in [0.5, 0.6) is 0 Å². The number of carbonyl (C=O) groups excluding carboxylic acids is 2. The Morgan fingerprint density at radius 2 is 1.88 bits per heavy atom. The summed E-state index contributed by atoms with van der Waals surface area (Å²) in [4.78, 5) is 37.2. The zero-order valence-corrected chi connectivity index (χ0v) is 14.5. The van der Waals surface area contributed by atoms with Crippen LogP contribution in [0.15, 0.2) is 29.0 Å². The van der Waals surface area contributed by atoms with Gasteiger partial charge in [0.05, 0.1) is 11.8 Å². The van der Waals surface area contributed by atoms with Crippen molar-refractivity contribution in [3.8, 4) is 0 Å². The highest BCUT2D eigenvalue weighted by atomic mass is 16.5. The minimum absolute atomic E-state index is 0.0510. The van der Waals surface area contributed by atoms with E-state index in [0.29, 0.717) is 50.1 Å². The molecule has 1 aliphatic carbocycles. The van der Waals surface area contributed by atoms with Gasteiger partial charge in [-0.15, -0.1) is 0 Å². The fraction of sp³-hybridized carbons (Fsp3) is 0.471. The molecule has 26 heavy (non-hydrogen) atoms. The SMILES string of the molecule is Cc1cc(NC(=O)C2CC2C(=O)N2CCN(c3ncccn3)CC2)no1. The molecule has 9 heteroatoms. The summed E-state index contributed by atoms with van der Waals surface area (Å²) in [6.07, 6.45) is 4.01. The van der Waals surface area contributed by atoms with Crippen LogP contribution < -0.4 is 10.2 Å². The molecule has 1 N–H and O–H groups in total. The highest BCUT2D eigenvalue weighted by Gasteiger charge is 2.50. The third kappa shape index (κ3) is 3.37. The van der Waals surface area contributed by atoms with Crippen molar-refractivity contribution in [3.05, 3.63) is 30.3 Å². The van der Waals surface area contributed by atoms with E-state index >= 15 is 0 Å². The van der Waals surface area contributed by atoms with Crippen LogP contribution in [-0.2, 0) is 9.59 Å². The standard InChI is InChI=1S/C17H20N6O3/c1-11-9-14(21-26-11)20-15(24)12-10-13(12)16(25)22-5-7-23(8-6-22)17-18-3-2-4-19-17/h2-4,9,12-13H,5-8,10H2,1H3,(H,20,21,24). The number of rotatable bonds is 4. The Labute approximate surface area is 150 Å². The lowest BCUT2D eigenvalue weighted by Crippen LogP contribution is -2.50. The first-order chi connectivity index (χ1) is 12.6. The average Bonchev–Trinajstić information content (AvgIpc) is 3.38. The van der Waals surface area contributed by atoms with Crippen molar-refractivity contribution in [2.24, 2.45) is 11.8 Å². The highest BCUT2D eigenvalue weighted by Crippen LogP contribution is 2.41. The number of nitrogens with zero attached hydrogens (tertiary/aromatic N) is 5. The quantitative estimate of drug-likeness (QED) is 0.859. The largest absolute Gasteiger partial charge is 0.360 e. The summed E-state index contributed by atoms with van der Waals surface area (Å²) in [5.41, 5.74) is 0. The third-order valence-electron chi connectivity index (χ3n) is 4.75. The van der Waals surface area contributed by atoms with Crippen molar-refractivity contribution in [3.63, 3.8) is 0 Å². The zero-order valence-electron chi connectivity index (χ0n) is 14.5. The van der Waals surface area contributed by atoms with Crippen LogP contribution in [0.4, 0.5) is 11.8 Å². The molecule has 1 saturated carbocycles. The summed E-state index contributed by atoms with van der Waals surface area (Å²) >= 11 is 0. The van der Waals surface area contributed by atoms with Crippen molar-refractivity contribution in [1.29, 1.82) is 0 Å². The average molecular weight is 356 g/mol. The third-order valence-corrected chi connectivity index (χ3v) is 4.75. The number of aromatic nitrogens is 3. The van der Waals surface area contributed by atoms with Crippen LogP contribution in [0, 0.1) is 18.8 Å². The Kier molecular flexibility index (Phi) is 4.27. The molecule has 2 unspecified atom stereocenters. The van der Waals surface area contributed by atoms with Crippen molar-refractivity contribution < 1.29 is 14.1 Å². The highest BCUT2D eigenvalue weighted by molar-refractivity contribution is 5.99. The van der Waals surface area contributed by atoms with Crippen molar-refractivity contribution >= 4 is 23.6 Å². The second-order valence-electron chi connectivity index (χ2n) is 6.62. The van der Waals surface area contributed by atoms with E-state index in [0.717, 1.165) is 0 Å². The first-order valence-corrected chi connectivity index (χ1v) is 8.67. The van der Waals surface area contributed by atoms with Crippen LogP contribution in [-0.4, -0.2) is 58.0 Å². The summed E-state index contributed by atoms with van der Waals surface area (Å²) < 4.78 is 4.93. The molecule has 2 aliphatic rings. The van der Waals surface area contributed by atoms with Crippen molar-refractivity contribution in [1.82, 2.24) is 20.0 Å². The van der Waals surface area contributed by atoms with E-state index in [1.807, 2.05) is 4.90 Å². The number of carbonyl (C=O) groups is 2. The molecule has 2 amide bonds. The molecule has 136 valence electrons. The van der Waals surface area contributed by atoms with Crippen LogP contribution in [0.25, 0.3) is 0 Å². The van der Waals surface area contributed by atoms with E-state index in [1.165, 1.54) is 0 Å². The van der Waals surface area contributed by atoms with Gasteiger partial charge in [-0.1, -0.05) is 5.16 Å². The van der Waals surface area contributed by atoms with Crippen LogP contribution in [0.2, 0.25) is 0 Å². The number of nitrogens with one attached hydrogen (secondary N) is 1. The summed E-state index contributed by atoms with van der Waals surface area (Å²) in [5, 5.41) is 6.44. The molecule has 2 aromatic rings. The number of piperazine rings is 1.